The molecule has 3 N–H and O–H groups in total. The molecule has 4 nitrogen and oxygen atoms in total. The zero-order valence-corrected chi connectivity index (χ0v) is 12.5. The predicted molar refractivity (Wildman–Crippen MR) is 75.5 cm³/mol. The lowest BCUT2D eigenvalue weighted by molar-refractivity contribution is 0.163. The van der Waals surface area contributed by atoms with Crippen LogP contribution in [-0.2, 0) is 0 Å². The number of carbonyl (C=O) groups is 1. The second-order valence-electron chi connectivity index (χ2n) is 5.92. The third-order valence-corrected chi connectivity index (χ3v) is 2.91. The summed E-state index contributed by atoms with van der Waals surface area (Å²) < 4.78 is 0. The van der Waals surface area contributed by atoms with Crippen LogP contribution in [0.15, 0.2) is 0 Å². The molecule has 0 aliphatic rings. The molecule has 3 unspecified atom stereocenters. The lowest BCUT2D eigenvalue weighted by Gasteiger charge is -2.18. The van der Waals surface area contributed by atoms with Crippen LogP contribution in [0.2, 0.25) is 0 Å². The molecule has 3 atom stereocenters. The van der Waals surface area contributed by atoms with Gasteiger partial charge in [0, 0.05) is 12.6 Å². The molecule has 0 radical (unpaired) electrons. The van der Waals surface area contributed by atoms with Gasteiger partial charge in [-0.05, 0) is 44.9 Å². The van der Waals surface area contributed by atoms with Crippen molar-refractivity contribution in [2.45, 2.75) is 66.0 Å². The van der Waals surface area contributed by atoms with Gasteiger partial charge in [-0.1, -0.05) is 20.8 Å². The van der Waals surface area contributed by atoms with E-state index in [1.165, 1.54) is 0 Å². The summed E-state index contributed by atoms with van der Waals surface area (Å²) in [6.07, 6.45) is 2.53. The Morgan fingerprint density at radius 2 is 1.72 bits per heavy atom. The number of carbonyl (C=O) groups excluding carboxylic acids is 1. The summed E-state index contributed by atoms with van der Waals surface area (Å²) in [5.41, 5.74) is 0. The van der Waals surface area contributed by atoms with E-state index in [9.17, 15) is 9.90 Å². The van der Waals surface area contributed by atoms with Crippen molar-refractivity contribution in [2.24, 2.45) is 11.8 Å². The Hall–Kier alpha value is -0.770. The second-order valence-corrected chi connectivity index (χ2v) is 5.92. The van der Waals surface area contributed by atoms with Gasteiger partial charge in [-0.15, -0.1) is 0 Å². The molecule has 18 heavy (non-hydrogen) atoms. The van der Waals surface area contributed by atoms with E-state index in [0.717, 1.165) is 12.8 Å². The van der Waals surface area contributed by atoms with Crippen LogP contribution in [0.1, 0.15) is 53.9 Å². The zero-order chi connectivity index (χ0) is 14.1. The molecule has 0 heterocycles. The summed E-state index contributed by atoms with van der Waals surface area (Å²) in [5, 5.41) is 15.0. The first kappa shape index (κ1) is 17.2. The summed E-state index contributed by atoms with van der Waals surface area (Å²) in [5.74, 6) is 0.963. The number of aliphatic hydroxyl groups excluding tert-OH is 1. The highest BCUT2D eigenvalue weighted by Gasteiger charge is 2.10. The van der Waals surface area contributed by atoms with Crippen LogP contribution in [-0.4, -0.2) is 29.8 Å². The Kier molecular flexibility index (Phi) is 8.81. The summed E-state index contributed by atoms with van der Waals surface area (Å²) in [4.78, 5) is 11.6. The highest BCUT2D eigenvalue weighted by atomic mass is 16.3. The minimum Gasteiger partial charge on any atom is -0.393 e. The van der Waals surface area contributed by atoms with Gasteiger partial charge in [0.15, 0.2) is 0 Å². The number of rotatable bonds is 8. The van der Waals surface area contributed by atoms with Gasteiger partial charge in [-0.2, -0.15) is 0 Å². The highest BCUT2D eigenvalue weighted by Crippen LogP contribution is 2.06. The van der Waals surface area contributed by atoms with Gasteiger partial charge in [0.25, 0.3) is 0 Å². The van der Waals surface area contributed by atoms with Crippen molar-refractivity contribution in [2.75, 3.05) is 6.54 Å². The van der Waals surface area contributed by atoms with E-state index in [4.69, 9.17) is 0 Å². The van der Waals surface area contributed by atoms with Crippen LogP contribution in [0.4, 0.5) is 4.79 Å². The number of nitrogens with one attached hydrogen (secondary N) is 2. The fraction of sp³-hybridized carbons (Fsp3) is 0.929. The highest BCUT2D eigenvalue weighted by molar-refractivity contribution is 5.74. The number of aliphatic hydroxyl groups is 1. The van der Waals surface area contributed by atoms with Gasteiger partial charge in [0.2, 0.25) is 0 Å². The first-order valence-corrected chi connectivity index (χ1v) is 7.03. The molecule has 0 bridgehead atoms. The smallest absolute Gasteiger partial charge is 0.315 e. The lowest BCUT2D eigenvalue weighted by Crippen LogP contribution is -2.42. The molecular weight excluding hydrogens is 228 g/mol. The SMILES string of the molecule is CC(C)CCC(C)NC(=O)NCC(C)CC(C)O. The largest absolute Gasteiger partial charge is 0.393 e. The first-order valence-electron chi connectivity index (χ1n) is 7.03. The molecule has 2 amide bonds. The molecule has 0 fully saturated rings. The molecule has 0 aromatic heterocycles. The average Bonchev–Trinajstić information content (AvgIpc) is 2.22. The predicted octanol–water partition coefficient (Wildman–Crippen LogP) is 2.52. The molecule has 0 spiro atoms. The summed E-state index contributed by atoms with van der Waals surface area (Å²) in [6.45, 7) is 10.8. The van der Waals surface area contributed by atoms with Crippen LogP contribution in [0.3, 0.4) is 0 Å². The maximum atomic E-state index is 11.6. The number of urea groups is 1. The van der Waals surface area contributed by atoms with Crippen LogP contribution in [0.5, 0.6) is 0 Å². The van der Waals surface area contributed by atoms with Gasteiger partial charge >= 0.3 is 6.03 Å². The van der Waals surface area contributed by atoms with E-state index >= 15 is 0 Å². The minimum absolute atomic E-state index is 0.108. The topological polar surface area (TPSA) is 61.4 Å². The van der Waals surface area contributed by atoms with E-state index in [1.807, 2.05) is 13.8 Å². The van der Waals surface area contributed by atoms with Crippen LogP contribution in [0.25, 0.3) is 0 Å². The van der Waals surface area contributed by atoms with Crippen molar-refractivity contribution in [1.82, 2.24) is 10.6 Å². The summed E-state index contributed by atoms with van der Waals surface area (Å²) in [7, 11) is 0. The molecule has 0 aromatic carbocycles. The zero-order valence-electron chi connectivity index (χ0n) is 12.5. The third-order valence-electron chi connectivity index (χ3n) is 2.91. The van der Waals surface area contributed by atoms with E-state index in [-0.39, 0.29) is 18.2 Å². The monoisotopic (exact) mass is 258 g/mol. The van der Waals surface area contributed by atoms with E-state index < -0.39 is 0 Å². The van der Waals surface area contributed by atoms with E-state index in [1.54, 1.807) is 6.92 Å². The summed E-state index contributed by atoms with van der Waals surface area (Å²) in [6, 6.07) is 0.100. The fourth-order valence-electron chi connectivity index (χ4n) is 1.86. The normalized spacial score (nSPS) is 16.2. The Balaban J connectivity index is 3.70. The van der Waals surface area contributed by atoms with Crippen molar-refractivity contribution >= 4 is 6.03 Å². The molecule has 0 aliphatic heterocycles. The fourth-order valence-corrected chi connectivity index (χ4v) is 1.86. The van der Waals surface area contributed by atoms with Gasteiger partial charge < -0.3 is 15.7 Å². The van der Waals surface area contributed by atoms with Crippen LogP contribution in [0, 0.1) is 11.8 Å². The molecule has 0 aliphatic carbocycles. The van der Waals surface area contributed by atoms with Crippen LogP contribution >= 0.6 is 0 Å². The molecule has 108 valence electrons. The Labute approximate surface area is 112 Å². The molecule has 0 saturated carbocycles. The molecule has 0 saturated heterocycles. The van der Waals surface area contributed by atoms with Crippen molar-refractivity contribution in [3.8, 4) is 0 Å². The average molecular weight is 258 g/mol. The third kappa shape index (κ3) is 10.4. The molecular formula is C14H30N2O2. The maximum Gasteiger partial charge on any atom is 0.315 e. The number of hydrogen-bond donors (Lipinski definition) is 3. The molecule has 4 heteroatoms. The molecule has 0 rings (SSSR count). The Morgan fingerprint density at radius 1 is 1.11 bits per heavy atom. The molecule has 0 aromatic rings. The number of hydrogen-bond acceptors (Lipinski definition) is 2. The Bertz CT molecular complexity index is 230. The maximum absolute atomic E-state index is 11.6. The van der Waals surface area contributed by atoms with Crippen molar-refractivity contribution < 1.29 is 9.90 Å². The quantitative estimate of drug-likeness (QED) is 0.626. The van der Waals surface area contributed by atoms with Gasteiger partial charge in [-0.25, -0.2) is 4.79 Å². The Morgan fingerprint density at radius 3 is 2.22 bits per heavy atom. The van der Waals surface area contributed by atoms with Gasteiger partial charge in [-0.3, -0.25) is 0 Å². The van der Waals surface area contributed by atoms with Crippen LogP contribution < -0.4 is 10.6 Å². The number of amides is 2. The lowest BCUT2D eigenvalue weighted by atomic mass is 10.0. The summed E-state index contributed by atoms with van der Waals surface area (Å²) >= 11 is 0. The first-order chi connectivity index (χ1) is 8.31. The van der Waals surface area contributed by atoms with Crippen molar-refractivity contribution in [3.05, 3.63) is 0 Å². The van der Waals surface area contributed by atoms with Gasteiger partial charge in [0.05, 0.1) is 6.10 Å². The van der Waals surface area contributed by atoms with Crippen molar-refractivity contribution in [3.63, 3.8) is 0 Å². The van der Waals surface area contributed by atoms with E-state index in [0.29, 0.717) is 24.8 Å². The van der Waals surface area contributed by atoms with Gasteiger partial charge in [0.1, 0.15) is 0 Å². The standard InChI is InChI=1S/C14H30N2O2/c1-10(2)6-7-12(4)16-14(18)15-9-11(3)8-13(5)17/h10-13,17H,6-9H2,1-5H3,(H2,15,16,18). The minimum atomic E-state index is -0.310. The second kappa shape index (κ2) is 9.20. The van der Waals surface area contributed by atoms with E-state index in [2.05, 4.69) is 24.5 Å². The van der Waals surface area contributed by atoms with Crippen molar-refractivity contribution in [1.29, 1.82) is 0 Å².